The average molecular weight is 333 g/mol. The van der Waals surface area contributed by atoms with E-state index in [0.717, 1.165) is 24.3 Å². The number of imide groups is 1. The first-order valence-electron chi connectivity index (χ1n) is 8.13. The molecule has 7 nitrogen and oxygen atoms in total. The Morgan fingerprint density at radius 3 is 2.88 bits per heavy atom. The quantitative estimate of drug-likeness (QED) is 0.837. The highest BCUT2D eigenvalue weighted by Gasteiger charge is 2.47. The highest BCUT2D eigenvalue weighted by Crippen LogP contribution is 2.37. The fourth-order valence-electron chi connectivity index (χ4n) is 3.61. The van der Waals surface area contributed by atoms with Gasteiger partial charge in [-0.05, 0) is 30.7 Å². The zero-order valence-corrected chi connectivity index (χ0v) is 14.0. The van der Waals surface area contributed by atoms with Crippen molar-refractivity contribution in [3.63, 3.8) is 0 Å². The molecule has 3 unspecified atom stereocenters. The van der Waals surface area contributed by atoms with E-state index in [1.54, 1.807) is 19.1 Å². The van der Waals surface area contributed by atoms with Gasteiger partial charge in [-0.15, -0.1) is 0 Å². The fourth-order valence-corrected chi connectivity index (χ4v) is 3.61. The van der Waals surface area contributed by atoms with Gasteiger partial charge in [-0.1, -0.05) is 12.1 Å². The molecule has 3 amide bonds. The lowest BCUT2D eigenvalue weighted by molar-refractivity contribution is -0.131. The monoisotopic (exact) mass is 333 g/mol. The van der Waals surface area contributed by atoms with Crippen LogP contribution in [0.1, 0.15) is 17.9 Å². The second-order valence-electron chi connectivity index (χ2n) is 6.08. The molecule has 0 bridgehead atoms. The smallest absolute Gasteiger partial charge is 0.325 e. The fraction of sp³-hybridized carbons (Fsp3) is 0.529. The van der Waals surface area contributed by atoms with Crippen LogP contribution in [0.5, 0.6) is 5.75 Å². The number of rotatable bonds is 5. The van der Waals surface area contributed by atoms with E-state index in [9.17, 15) is 9.59 Å². The Labute approximate surface area is 141 Å². The third-order valence-corrected chi connectivity index (χ3v) is 4.77. The van der Waals surface area contributed by atoms with Crippen molar-refractivity contribution >= 4 is 11.9 Å². The standard InChI is InChI=1S/C17H23N3O4/c1-23-9-8-20-15-14(16(21)19-17(20)22)13(6-7-18-15)11-4-3-5-12(10-11)24-2/h3-5,10,13-15,18H,6-9H2,1-2H3,(H,19,21,22). The summed E-state index contributed by atoms with van der Waals surface area (Å²) >= 11 is 0. The van der Waals surface area contributed by atoms with Gasteiger partial charge in [0.05, 0.1) is 25.8 Å². The number of nitrogens with zero attached hydrogens (tertiary/aromatic N) is 1. The molecule has 0 aliphatic carbocycles. The summed E-state index contributed by atoms with van der Waals surface area (Å²) in [7, 11) is 3.22. The summed E-state index contributed by atoms with van der Waals surface area (Å²) in [5.41, 5.74) is 1.06. The van der Waals surface area contributed by atoms with Crippen LogP contribution in [0.4, 0.5) is 4.79 Å². The Balaban J connectivity index is 1.89. The van der Waals surface area contributed by atoms with Crippen LogP contribution in [-0.4, -0.2) is 56.9 Å². The molecular formula is C17H23N3O4. The van der Waals surface area contributed by atoms with Gasteiger partial charge in [0.15, 0.2) is 0 Å². The number of piperidine rings is 1. The van der Waals surface area contributed by atoms with E-state index in [1.807, 2.05) is 24.3 Å². The Hall–Kier alpha value is -2.12. The molecule has 2 heterocycles. The van der Waals surface area contributed by atoms with Gasteiger partial charge >= 0.3 is 6.03 Å². The molecule has 2 aliphatic rings. The van der Waals surface area contributed by atoms with Gasteiger partial charge in [-0.2, -0.15) is 0 Å². The van der Waals surface area contributed by atoms with Crippen molar-refractivity contribution in [3.05, 3.63) is 29.8 Å². The molecule has 24 heavy (non-hydrogen) atoms. The number of fused-ring (bicyclic) bond motifs is 1. The van der Waals surface area contributed by atoms with Crippen molar-refractivity contribution in [2.45, 2.75) is 18.5 Å². The summed E-state index contributed by atoms with van der Waals surface area (Å²) in [6.07, 6.45) is 0.514. The van der Waals surface area contributed by atoms with Crippen LogP contribution in [-0.2, 0) is 9.53 Å². The number of hydrogen-bond acceptors (Lipinski definition) is 5. The summed E-state index contributed by atoms with van der Waals surface area (Å²) in [6, 6.07) is 7.43. The lowest BCUT2D eigenvalue weighted by Gasteiger charge is -2.46. The molecule has 1 aromatic rings. The van der Waals surface area contributed by atoms with Gasteiger partial charge in [-0.25, -0.2) is 4.79 Å². The summed E-state index contributed by atoms with van der Waals surface area (Å²) in [4.78, 5) is 26.4. The normalized spacial score (nSPS) is 26.8. The zero-order chi connectivity index (χ0) is 17.1. The molecule has 0 spiro atoms. The number of methoxy groups -OCH3 is 2. The molecule has 0 radical (unpaired) electrons. The lowest BCUT2D eigenvalue weighted by atomic mass is 9.77. The van der Waals surface area contributed by atoms with Crippen LogP contribution in [0, 0.1) is 5.92 Å². The number of urea groups is 1. The van der Waals surface area contributed by atoms with Crippen molar-refractivity contribution < 1.29 is 19.1 Å². The Kier molecular flexibility index (Phi) is 5.01. The van der Waals surface area contributed by atoms with E-state index >= 15 is 0 Å². The summed E-state index contributed by atoms with van der Waals surface area (Å²) in [5.74, 6) is 0.245. The van der Waals surface area contributed by atoms with Crippen molar-refractivity contribution in [1.29, 1.82) is 0 Å². The van der Waals surface area contributed by atoms with E-state index in [-0.39, 0.29) is 29.9 Å². The number of nitrogens with one attached hydrogen (secondary N) is 2. The maximum atomic E-state index is 12.5. The SMILES string of the molecule is COCCN1C(=O)NC(=O)C2C(c3cccc(OC)c3)CCNC21. The first kappa shape index (κ1) is 16.7. The van der Waals surface area contributed by atoms with E-state index < -0.39 is 0 Å². The molecule has 1 aromatic carbocycles. The van der Waals surface area contributed by atoms with Gasteiger partial charge in [0.2, 0.25) is 5.91 Å². The number of benzene rings is 1. The van der Waals surface area contributed by atoms with Crippen molar-refractivity contribution in [1.82, 2.24) is 15.5 Å². The first-order chi connectivity index (χ1) is 11.7. The van der Waals surface area contributed by atoms with Crippen LogP contribution in [0.2, 0.25) is 0 Å². The number of carbonyl (C=O) groups excluding carboxylic acids is 2. The van der Waals surface area contributed by atoms with Gasteiger partial charge in [0.1, 0.15) is 5.75 Å². The molecule has 3 atom stereocenters. The predicted octanol–water partition coefficient (Wildman–Crippen LogP) is 0.913. The maximum absolute atomic E-state index is 12.5. The third kappa shape index (κ3) is 3.09. The molecule has 2 fully saturated rings. The van der Waals surface area contributed by atoms with Gasteiger partial charge in [-0.3, -0.25) is 15.4 Å². The van der Waals surface area contributed by atoms with Crippen LogP contribution in [0.25, 0.3) is 0 Å². The van der Waals surface area contributed by atoms with Crippen molar-refractivity contribution in [3.8, 4) is 5.75 Å². The van der Waals surface area contributed by atoms with Gasteiger partial charge < -0.3 is 14.4 Å². The minimum Gasteiger partial charge on any atom is -0.497 e. The topological polar surface area (TPSA) is 79.9 Å². The van der Waals surface area contributed by atoms with Crippen LogP contribution in [0.15, 0.2) is 24.3 Å². The van der Waals surface area contributed by atoms with Crippen LogP contribution < -0.4 is 15.4 Å². The van der Waals surface area contributed by atoms with Crippen LogP contribution >= 0.6 is 0 Å². The Morgan fingerprint density at radius 2 is 2.12 bits per heavy atom. The molecule has 7 heteroatoms. The van der Waals surface area contributed by atoms with E-state index in [0.29, 0.717) is 13.2 Å². The summed E-state index contributed by atoms with van der Waals surface area (Å²) in [6.45, 7) is 1.61. The van der Waals surface area contributed by atoms with Crippen molar-refractivity contribution in [2.75, 3.05) is 33.9 Å². The highest BCUT2D eigenvalue weighted by atomic mass is 16.5. The summed E-state index contributed by atoms with van der Waals surface area (Å²) < 4.78 is 10.4. The molecule has 0 aromatic heterocycles. The second kappa shape index (κ2) is 7.19. The molecule has 2 N–H and O–H groups in total. The first-order valence-corrected chi connectivity index (χ1v) is 8.13. The molecular weight excluding hydrogens is 310 g/mol. The maximum Gasteiger partial charge on any atom is 0.325 e. The minimum absolute atomic E-state index is 0.0319. The Morgan fingerprint density at radius 1 is 1.29 bits per heavy atom. The minimum atomic E-state index is -0.364. The van der Waals surface area contributed by atoms with Gasteiger partial charge in [0, 0.05) is 19.6 Å². The largest absolute Gasteiger partial charge is 0.497 e. The van der Waals surface area contributed by atoms with E-state index in [4.69, 9.17) is 9.47 Å². The number of carbonyl (C=O) groups is 2. The number of ether oxygens (including phenoxy) is 2. The molecule has 130 valence electrons. The second-order valence-corrected chi connectivity index (χ2v) is 6.08. The molecule has 2 aliphatic heterocycles. The van der Waals surface area contributed by atoms with Gasteiger partial charge in [0.25, 0.3) is 0 Å². The van der Waals surface area contributed by atoms with Crippen LogP contribution in [0.3, 0.4) is 0 Å². The van der Waals surface area contributed by atoms with E-state index in [2.05, 4.69) is 10.6 Å². The molecule has 3 rings (SSSR count). The van der Waals surface area contributed by atoms with Crippen molar-refractivity contribution in [2.24, 2.45) is 5.92 Å². The number of hydrogen-bond donors (Lipinski definition) is 2. The summed E-state index contributed by atoms with van der Waals surface area (Å²) in [5, 5.41) is 5.81. The highest BCUT2D eigenvalue weighted by molar-refractivity contribution is 5.99. The predicted molar refractivity (Wildman–Crippen MR) is 87.8 cm³/mol. The molecule has 2 saturated heterocycles. The lowest BCUT2D eigenvalue weighted by Crippen LogP contribution is -2.68. The Bertz CT molecular complexity index is 622. The molecule has 0 saturated carbocycles. The average Bonchev–Trinajstić information content (AvgIpc) is 2.61. The zero-order valence-electron chi connectivity index (χ0n) is 14.0. The van der Waals surface area contributed by atoms with E-state index in [1.165, 1.54) is 0 Å². The number of amides is 3. The third-order valence-electron chi connectivity index (χ3n) is 4.77.